The van der Waals surface area contributed by atoms with E-state index in [1.54, 1.807) is 0 Å². The van der Waals surface area contributed by atoms with Gasteiger partial charge >= 0.3 is 6.03 Å². The number of amides is 2. The molecular weight excluding hydrogens is 228 g/mol. The Balaban J connectivity index is 1.83. The van der Waals surface area contributed by atoms with E-state index in [1.165, 1.54) is 0 Å². The quantitative estimate of drug-likeness (QED) is 0.842. The van der Waals surface area contributed by atoms with Gasteiger partial charge in [-0.2, -0.15) is 0 Å². The molecule has 96 valence electrons. The highest BCUT2D eigenvalue weighted by Crippen LogP contribution is 2.15. The molecule has 2 N–H and O–H groups in total. The smallest absolute Gasteiger partial charge is 0.319 e. The number of anilines is 1. The van der Waals surface area contributed by atoms with Gasteiger partial charge < -0.3 is 10.6 Å². The molecule has 0 aliphatic heterocycles. The molecule has 1 aromatic carbocycles. The third kappa shape index (κ3) is 3.58. The standard InChI is InChI=1S/C14H18N2O2/c1-10-3-2-4-12(9-10)16-14(18)15-11-5-7-13(17)8-6-11/h2-4,9,11H,5-8H2,1H3,(H2,15,16,18). The molecule has 1 aromatic rings. The van der Waals surface area contributed by atoms with Crippen LogP contribution in [-0.2, 0) is 4.79 Å². The van der Waals surface area contributed by atoms with Crippen LogP contribution in [0.15, 0.2) is 24.3 Å². The molecule has 0 aromatic heterocycles. The van der Waals surface area contributed by atoms with Gasteiger partial charge in [0.05, 0.1) is 0 Å². The van der Waals surface area contributed by atoms with E-state index in [1.807, 2.05) is 31.2 Å². The molecule has 2 amide bonds. The molecule has 4 heteroatoms. The van der Waals surface area contributed by atoms with Gasteiger partial charge in [0.15, 0.2) is 0 Å². The second-order valence-corrected chi connectivity index (χ2v) is 4.78. The number of hydrogen-bond acceptors (Lipinski definition) is 2. The summed E-state index contributed by atoms with van der Waals surface area (Å²) in [5, 5.41) is 5.71. The first-order valence-corrected chi connectivity index (χ1v) is 6.29. The van der Waals surface area contributed by atoms with Crippen LogP contribution in [0.5, 0.6) is 0 Å². The molecule has 18 heavy (non-hydrogen) atoms. The van der Waals surface area contributed by atoms with Crippen molar-refractivity contribution < 1.29 is 9.59 Å². The van der Waals surface area contributed by atoms with Crippen LogP contribution < -0.4 is 10.6 Å². The van der Waals surface area contributed by atoms with E-state index in [0.717, 1.165) is 24.1 Å². The Hall–Kier alpha value is -1.84. The van der Waals surface area contributed by atoms with Gasteiger partial charge in [-0.15, -0.1) is 0 Å². The average Bonchev–Trinajstić information content (AvgIpc) is 2.32. The topological polar surface area (TPSA) is 58.2 Å². The van der Waals surface area contributed by atoms with E-state index >= 15 is 0 Å². The highest BCUT2D eigenvalue weighted by atomic mass is 16.2. The monoisotopic (exact) mass is 246 g/mol. The van der Waals surface area contributed by atoms with Gasteiger partial charge in [0.2, 0.25) is 0 Å². The molecule has 1 saturated carbocycles. The first-order valence-electron chi connectivity index (χ1n) is 6.29. The number of carbonyl (C=O) groups is 2. The Labute approximate surface area is 107 Å². The Morgan fingerprint density at radius 3 is 2.67 bits per heavy atom. The molecular formula is C14H18N2O2. The summed E-state index contributed by atoms with van der Waals surface area (Å²) in [5.74, 6) is 0.298. The number of urea groups is 1. The molecule has 0 radical (unpaired) electrons. The van der Waals surface area contributed by atoms with Gasteiger partial charge in [0.1, 0.15) is 5.78 Å². The molecule has 0 saturated heterocycles. The number of hydrogen-bond donors (Lipinski definition) is 2. The van der Waals surface area contributed by atoms with Crippen molar-refractivity contribution in [1.29, 1.82) is 0 Å². The number of nitrogens with one attached hydrogen (secondary N) is 2. The lowest BCUT2D eigenvalue weighted by Gasteiger charge is -2.22. The minimum absolute atomic E-state index is 0.118. The zero-order chi connectivity index (χ0) is 13.0. The summed E-state index contributed by atoms with van der Waals surface area (Å²) in [6, 6.07) is 7.59. The van der Waals surface area contributed by atoms with E-state index in [9.17, 15) is 9.59 Å². The Morgan fingerprint density at radius 2 is 2.00 bits per heavy atom. The number of ketones is 1. The van der Waals surface area contributed by atoms with Gasteiger partial charge in [-0.25, -0.2) is 4.79 Å². The van der Waals surface area contributed by atoms with E-state index in [4.69, 9.17) is 0 Å². The Kier molecular flexibility index (Phi) is 3.97. The molecule has 1 aliphatic rings. The average molecular weight is 246 g/mol. The van der Waals surface area contributed by atoms with Crippen LogP contribution >= 0.6 is 0 Å². The SMILES string of the molecule is Cc1cccc(NC(=O)NC2CCC(=O)CC2)c1. The minimum Gasteiger partial charge on any atom is -0.335 e. The lowest BCUT2D eigenvalue weighted by molar-refractivity contribution is -0.120. The van der Waals surface area contributed by atoms with Crippen molar-refractivity contribution in [2.75, 3.05) is 5.32 Å². The number of rotatable bonds is 2. The number of aryl methyl sites for hydroxylation is 1. The van der Waals surface area contributed by atoms with Crippen molar-refractivity contribution in [3.63, 3.8) is 0 Å². The maximum atomic E-state index is 11.8. The maximum Gasteiger partial charge on any atom is 0.319 e. The first-order chi connectivity index (χ1) is 8.63. The van der Waals surface area contributed by atoms with Gasteiger partial charge in [0.25, 0.3) is 0 Å². The minimum atomic E-state index is -0.194. The highest BCUT2D eigenvalue weighted by molar-refractivity contribution is 5.89. The van der Waals surface area contributed by atoms with Crippen molar-refractivity contribution >= 4 is 17.5 Å². The zero-order valence-corrected chi connectivity index (χ0v) is 10.5. The summed E-state index contributed by atoms with van der Waals surface area (Å²) >= 11 is 0. The van der Waals surface area contributed by atoms with Gasteiger partial charge in [-0.05, 0) is 37.5 Å². The molecule has 0 spiro atoms. The predicted octanol–water partition coefficient (Wildman–Crippen LogP) is 2.63. The van der Waals surface area contributed by atoms with Crippen molar-refractivity contribution in [2.45, 2.75) is 38.6 Å². The number of Topliss-reactive ketones (excluding diaryl/α,β-unsaturated/α-hetero) is 1. The fraction of sp³-hybridized carbons (Fsp3) is 0.429. The third-order valence-corrected chi connectivity index (χ3v) is 3.15. The second kappa shape index (κ2) is 5.67. The molecule has 2 rings (SSSR count). The summed E-state index contributed by atoms with van der Waals surface area (Å²) in [5.41, 5.74) is 1.90. The fourth-order valence-electron chi connectivity index (χ4n) is 2.16. The van der Waals surface area contributed by atoms with Crippen LogP contribution in [-0.4, -0.2) is 17.9 Å². The Bertz CT molecular complexity index is 447. The van der Waals surface area contributed by atoms with Crippen LogP contribution in [0.3, 0.4) is 0 Å². The summed E-state index contributed by atoms with van der Waals surface area (Å²) in [6.45, 7) is 1.98. The normalized spacial score (nSPS) is 16.4. The molecule has 0 atom stereocenters. The van der Waals surface area contributed by atoms with Crippen molar-refractivity contribution in [2.24, 2.45) is 0 Å². The molecule has 0 unspecified atom stereocenters. The molecule has 4 nitrogen and oxygen atoms in total. The van der Waals surface area contributed by atoms with E-state index < -0.39 is 0 Å². The van der Waals surface area contributed by atoms with Gasteiger partial charge in [0, 0.05) is 24.6 Å². The summed E-state index contributed by atoms with van der Waals surface area (Å²) in [7, 11) is 0. The summed E-state index contributed by atoms with van der Waals surface area (Å²) in [4.78, 5) is 22.9. The van der Waals surface area contributed by atoms with Crippen molar-refractivity contribution in [1.82, 2.24) is 5.32 Å². The maximum absolute atomic E-state index is 11.8. The van der Waals surface area contributed by atoms with E-state index in [0.29, 0.717) is 18.6 Å². The lowest BCUT2D eigenvalue weighted by atomic mass is 9.94. The van der Waals surface area contributed by atoms with Crippen molar-refractivity contribution in [3.8, 4) is 0 Å². The highest BCUT2D eigenvalue weighted by Gasteiger charge is 2.19. The fourth-order valence-corrected chi connectivity index (χ4v) is 2.16. The lowest BCUT2D eigenvalue weighted by Crippen LogP contribution is -2.40. The largest absolute Gasteiger partial charge is 0.335 e. The zero-order valence-electron chi connectivity index (χ0n) is 10.5. The Morgan fingerprint density at radius 1 is 1.28 bits per heavy atom. The first kappa shape index (κ1) is 12.6. The molecule has 1 aliphatic carbocycles. The third-order valence-electron chi connectivity index (χ3n) is 3.15. The summed E-state index contributed by atoms with van der Waals surface area (Å²) < 4.78 is 0. The molecule has 1 fully saturated rings. The van der Waals surface area contributed by atoms with E-state index in [2.05, 4.69) is 10.6 Å². The molecule has 0 heterocycles. The second-order valence-electron chi connectivity index (χ2n) is 4.78. The van der Waals surface area contributed by atoms with Crippen LogP contribution in [0.1, 0.15) is 31.2 Å². The van der Waals surface area contributed by atoms with Crippen molar-refractivity contribution in [3.05, 3.63) is 29.8 Å². The van der Waals surface area contributed by atoms with Gasteiger partial charge in [-0.1, -0.05) is 12.1 Å². The van der Waals surface area contributed by atoms with E-state index in [-0.39, 0.29) is 12.1 Å². The number of carbonyl (C=O) groups excluding carboxylic acids is 2. The van der Waals surface area contributed by atoms with Crippen LogP contribution in [0.4, 0.5) is 10.5 Å². The summed E-state index contributed by atoms with van der Waals surface area (Å²) in [6.07, 6.45) is 2.66. The van der Waals surface area contributed by atoms with Crippen LogP contribution in [0, 0.1) is 6.92 Å². The van der Waals surface area contributed by atoms with Crippen LogP contribution in [0.2, 0.25) is 0 Å². The predicted molar refractivity (Wildman–Crippen MR) is 70.6 cm³/mol. The number of benzene rings is 1. The van der Waals surface area contributed by atoms with Crippen LogP contribution in [0.25, 0.3) is 0 Å². The molecule has 0 bridgehead atoms. The van der Waals surface area contributed by atoms with Gasteiger partial charge in [-0.3, -0.25) is 4.79 Å².